The van der Waals surface area contributed by atoms with Crippen molar-refractivity contribution in [1.29, 1.82) is 0 Å². The maximum Gasteiger partial charge on any atom is 0.362 e. The maximum absolute atomic E-state index is 11.9. The van der Waals surface area contributed by atoms with E-state index in [4.69, 9.17) is 4.74 Å². The van der Waals surface area contributed by atoms with Crippen LogP contribution in [0.15, 0.2) is 36.5 Å². The average Bonchev–Trinajstić information content (AvgIpc) is 2.54. The molecule has 3 rings (SSSR count). The Balaban J connectivity index is 2.20. The molecule has 6 heteroatoms. The first-order valence-electron chi connectivity index (χ1n) is 5.59. The number of carbonyl (C=O) groups excluding carboxylic acids is 1. The first-order valence-corrected chi connectivity index (χ1v) is 5.59. The molecule has 2 heterocycles. The molecule has 2 aromatic rings. The van der Waals surface area contributed by atoms with Crippen molar-refractivity contribution >= 4 is 11.7 Å². The highest BCUT2D eigenvalue weighted by molar-refractivity contribution is 5.92. The third-order valence-corrected chi connectivity index (χ3v) is 2.93. The highest BCUT2D eigenvalue weighted by Gasteiger charge is 2.28. The summed E-state index contributed by atoms with van der Waals surface area (Å²) in [5.41, 5.74) is 1.30. The summed E-state index contributed by atoms with van der Waals surface area (Å²) < 4.78 is 5.13. The molecule has 19 heavy (non-hydrogen) atoms. The zero-order chi connectivity index (χ0) is 13.4. The predicted octanol–water partition coefficient (Wildman–Crippen LogP) is 2.11. The van der Waals surface area contributed by atoms with Crippen molar-refractivity contribution < 1.29 is 14.5 Å². The number of ether oxygens (including phenoxy) is 1. The van der Waals surface area contributed by atoms with E-state index in [-0.39, 0.29) is 17.1 Å². The highest BCUT2D eigenvalue weighted by Crippen LogP contribution is 2.35. The van der Waals surface area contributed by atoms with Crippen LogP contribution in [0.3, 0.4) is 0 Å². The van der Waals surface area contributed by atoms with Gasteiger partial charge in [0.05, 0.1) is 4.92 Å². The fourth-order valence-corrected chi connectivity index (χ4v) is 2.08. The molecule has 0 saturated heterocycles. The lowest BCUT2D eigenvalue weighted by molar-refractivity contribution is -0.385. The van der Waals surface area contributed by atoms with E-state index in [1.165, 1.54) is 12.3 Å². The van der Waals surface area contributed by atoms with Crippen LogP contribution >= 0.6 is 0 Å². The van der Waals surface area contributed by atoms with E-state index in [0.717, 1.165) is 0 Å². The van der Waals surface area contributed by atoms with Crippen LogP contribution in [0.5, 0.6) is 5.75 Å². The molecule has 0 fully saturated rings. The molecule has 0 unspecified atom stereocenters. The van der Waals surface area contributed by atoms with E-state index in [1.807, 2.05) is 0 Å². The number of benzene rings is 1. The lowest BCUT2D eigenvalue weighted by Crippen LogP contribution is -2.11. The molecule has 1 aromatic carbocycles. The fraction of sp³-hybridized carbons (Fsp3) is 0.0769. The number of nitrogens with zero attached hydrogens (tertiary/aromatic N) is 2. The van der Waals surface area contributed by atoms with Gasteiger partial charge in [0.2, 0.25) is 5.75 Å². The van der Waals surface area contributed by atoms with Gasteiger partial charge in [0.25, 0.3) is 0 Å². The quantitative estimate of drug-likeness (QED) is 0.338. The van der Waals surface area contributed by atoms with Crippen molar-refractivity contribution in [2.45, 2.75) is 6.42 Å². The van der Waals surface area contributed by atoms with Crippen molar-refractivity contribution in [2.24, 2.45) is 0 Å². The number of carbonyl (C=O) groups is 1. The van der Waals surface area contributed by atoms with Crippen molar-refractivity contribution in [3.63, 3.8) is 0 Å². The van der Waals surface area contributed by atoms with Gasteiger partial charge in [-0.3, -0.25) is 10.1 Å². The van der Waals surface area contributed by atoms with Gasteiger partial charge < -0.3 is 4.74 Å². The molecule has 0 N–H and O–H groups in total. The van der Waals surface area contributed by atoms with E-state index >= 15 is 0 Å². The Bertz CT molecular complexity index is 697. The molecule has 0 aliphatic carbocycles. The smallest absolute Gasteiger partial charge is 0.362 e. The Morgan fingerprint density at radius 1 is 1.21 bits per heavy atom. The molecule has 0 spiro atoms. The van der Waals surface area contributed by atoms with Crippen molar-refractivity contribution in [3.8, 4) is 5.75 Å². The largest absolute Gasteiger partial charge is 0.414 e. The molecule has 0 amide bonds. The second-order valence-corrected chi connectivity index (χ2v) is 4.10. The zero-order valence-corrected chi connectivity index (χ0v) is 9.70. The summed E-state index contributed by atoms with van der Waals surface area (Å²) in [4.78, 5) is 26.3. The number of rotatable bonds is 1. The molecule has 1 aromatic heterocycles. The van der Waals surface area contributed by atoms with Gasteiger partial charge >= 0.3 is 11.7 Å². The summed E-state index contributed by atoms with van der Waals surface area (Å²) in [5.74, 6) is -0.654. The summed E-state index contributed by atoms with van der Waals surface area (Å²) >= 11 is 0. The van der Waals surface area contributed by atoms with Crippen LogP contribution in [0.25, 0.3) is 0 Å². The summed E-state index contributed by atoms with van der Waals surface area (Å²) in [6.45, 7) is 0. The second-order valence-electron chi connectivity index (χ2n) is 4.10. The summed E-state index contributed by atoms with van der Waals surface area (Å²) in [6, 6.07) is 8.07. The van der Waals surface area contributed by atoms with Gasteiger partial charge in [-0.2, -0.15) is 0 Å². The van der Waals surface area contributed by atoms with E-state index in [0.29, 0.717) is 17.5 Å². The van der Waals surface area contributed by atoms with E-state index in [1.54, 1.807) is 24.3 Å². The number of esters is 1. The molecule has 0 atom stereocenters. The molecule has 1 aliphatic rings. The Morgan fingerprint density at radius 3 is 2.79 bits per heavy atom. The SMILES string of the molecule is O=C1Oc2c(cccc2[N+](=O)[O-])Cc2cccnc21. The Morgan fingerprint density at radius 2 is 2.00 bits per heavy atom. The lowest BCUT2D eigenvalue weighted by atomic mass is 10.0. The van der Waals surface area contributed by atoms with Gasteiger partial charge in [0.15, 0.2) is 5.69 Å². The minimum absolute atomic E-state index is 0.00972. The average molecular weight is 256 g/mol. The third kappa shape index (κ3) is 1.83. The van der Waals surface area contributed by atoms with Gasteiger partial charge in [-0.05, 0) is 11.6 Å². The van der Waals surface area contributed by atoms with Crippen LogP contribution in [0, 0.1) is 10.1 Å². The molecular formula is C13H8N2O4. The Labute approximate surface area is 107 Å². The number of hydrogen-bond acceptors (Lipinski definition) is 5. The van der Waals surface area contributed by atoms with Gasteiger partial charge in [-0.15, -0.1) is 0 Å². The van der Waals surface area contributed by atoms with Gasteiger partial charge in [0, 0.05) is 24.2 Å². The maximum atomic E-state index is 11.9. The van der Waals surface area contributed by atoms with Crippen molar-refractivity contribution in [2.75, 3.05) is 0 Å². The standard InChI is InChI=1S/C13H8N2O4/c16-13-11-8(4-2-6-14-11)7-9-3-1-5-10(15(17)18)12(9)19-13/h1-6H,7H2. The normalized spacial score (nSPS) is 12.9. The third-order valence-electron chi connectivity index (χ3n) is 2.93. The Hall–Kier alpha value is -2.76. The number of nitro groups is 1. The Kier molecular flexibility index (Phi) is 2.49. The van der Waals surface area contributed by atoms with E-state index in [2.05, 4.69) is 4.98 Å². The van der Waals surface area contributed by atoms with Crippen molar-refractivity contribution in [3.05, 3.63) is 63.5 Å². The fourth-order valence-electron chi connectivity index (χ4n) is 2.08. The van der Waals surface area contributed by atoms with Gasteiger partial charge in [-0.1, -0.05) is 18.2 Å². The second kappa shape index (κ2) is 4.16. The first-order chi connectivity index (χ1) is 9.16. The number of aromatic nitrogens is 1. The van der Waals surface area contributed by atoms with Gasteiger partial charge in [0.1, 0.15) is 0 Å². The van der Waals surface area contributed by atoms with E-state index < -0.39 is 10.9 Å². The zero-order valence-electron chi connectivity index (χ0n) is 9.70. The number of nitro benzene ring substituents is 1. The molecule has 0 saturated carbocycles. The topological polar surface area (TPSA) is 82.3 Å². The molecule has 1 aliphatic heterocycles. The molecule has 94 valence electrons. The van der Waals surface area contributed by atoms with E-state index in [9.17, 15) is 14.9 Å². The van der Waals surface area contributed by atoms with Crippen LogP contribution in [0.4, 0.5) is 5.69 Å². The number of para-hydroxylation sites is 1. The van der Waals surface area contributed by atoms with Crippen LogP contribution in [0.1, 0.15) is 21.6 Å². The predicted molar refractivity (Wildman–Crippen MR) is 65.1 cm³/mol. The van der Waals surface area contributed by atoms with Crippen molar-refractivity contribution in [1.82, 2.24) is 4.98 Å². The van der Waals surface area contributed by atoms with Crippen LogP contribution < -0.4 is 4.74 Å². The summed E-state index contributed by atoms with van der Waals surface area (Å²) in [7, 11) is 0. The van der Waals surface area contributed by atoms with Crippen LogP contribution in [-0.2, 0) is 6.42 Å². The lowest BCUT2D eigenvalue weighted by Gasteiger charge is -2.05. The van der Waals surface area contributed by atoms with Gasteiger partial charge in [-0.25, -0.2) is 9.78 Å². The monoisotopic (exact) mass is 256 g/mol. The minimum atomic E-state index is -0.663. The first kappa shape index (κ1) is 11.3. The number of pyridine rings is 1. The summed E-state index contributed by atoms with van der Waals surface area (Å²) in [6.07, 6.45) is 1.87. The minimum Gasteiger partial charge on any atom is -0.414 e. The molecule has 0 radical (unpaired) electrons. The number of hydrogen-bond donors (Lipinski definition) is 0. The number of fused-ring (bicyclic) bond motifs is 2. The molecule has 6 nitrogen and oxygen atoms in total. The highest BCUT2D eigenvalue weighted by atomic mass is 16.6. The molecular weight excluding hydrogens is 248 g/mol. The molecule has 0 bridgehead atoms. The van der Waals surface area contributed by atoms with Crippen LogP contribution in [-0.4, -0.2) is 15.9 Å². The van der Waals surface area contributed by atoms with Crippen LogP contribution in [0.2, 0.25) is 0 Å². The summed E-state index contributed by atoms with van der Waals surface area (Å²) in [5, 5.41) is 11.0.